The highest BCUT2D eigenvalue weighted by Crippen LogP contribution is 2.38. The van der Waals surface area contributed by atoms with Crippen molar-refractivity contribution < 1.29 is 53.1 Å². The Morgan fingerprint density at radius 3 is 2.45 bits per heavy atom. The van der Waals surface area contributed by atoms with Crippen molar-refractivity contribution in [2.45, 2.75) is 63.8 Å². The molecule has 0 radical (unpaired) electrons. The van der Waals surface area contributed by atoms with Gasteiger partial charge in [0.1, 0.15) is 23.2 Å². The Morgan fingerprint density at radius 1 is 1.11 bits per heavy atom. The number of aromatic hydroxyl groups is 2. The van der Waals surface area contributed by atoms with E-state index < -0.39 is 65.2 Å². The molecule has 1 aliphatic rings. The fraction of sp³-hybridized carbons (Fsp3) is 0.379. The predicted octanol–water partition coefficient (Wildman–Crippen LogP) is 1.54. The Hall–Kier alpha value is -4.86. The predicted molar refractivity (Wildman–Crippen MR) is 153 cm³/mol. The van der Waals surface area contributed by atoms with E-state index in [1.165, 1.54) is 44.4 Å². The number of rotatable bonds is 9. The lowest BCUT2D eigenvalue weighted by Gasteiger charge is -2.47. The number of phenols is 1. The summed E-state index contributed by atoms with van der Waals surface area (Å²) in [6, 6.07) is 6.67. The number of hydrogen-bond donors (Lipinski definition) is 6. The summed E-state index contributed by atoms with van der Waals surface area (Å²) in [6.07, 6.45) is -6.16. The number of fused-ring (bicyclic) bond motifs is 1. The highest BCUT2D eigenvalue weighted by atomic mass is 16.7. The van der Waals surface area contributed by atoms with Crippen molar-refractivity contribution in [3.63, 3.8) is 0 Å². The second kappa shape index (κ2) is 12.4. The lowest BCUT2D eigenvalue weighted by Crippen LogP contribution is -2.65. The van der Waals surface area contributed by atoms with E-state index in [4.69, 9.17) is 34.8 Å². The summed E-state index contributed by atoms with van der Waals surface area (Å²) < 4.78 is 27.7. The van der Waals surface area contributed by atoms with Crippen LogP contribution in [0.2, 0.25) is 0 Å². The average Bonchev–Trinajstić information content (AvgIpc) is 2.94. The smallest absolute Gasteiger partial charge is 0.404 e. The van der Waals surface area contributed by atoms with Gasteiger partial charge in [-0.1, -0.05) is 0 Å². The van der Waals surface area contributed by atoms with Crippen molar-refractivity contribution in [1.82, 2.24) is 0 Å². The minimum Gasteiger partial charge on any atom is -0.508 e. The molecule has 4 rings (SSSR count). The molecule has 1 saturated heterocycles. The quantitative estimate of drug-likeness (QED) is 0.188. The Kier molecular flexibility index (Phi) is 9.03. The zero-order valence-corrected chi connectivity index (χ0v) is 24.3. The molecular formula is C29H33N3O12. The van der Waals surface area contributed by atoms with Crippen molar-refractivity contribution in [2.75, 3.05) is 12.4 Å². The molecule has 8 N–H and O–H groups in total. The normalized spacial score (nSPS) is 21.0. The number of benzene rings is 2. The molecule has 1 fully saturated rings. The van der Waals surface area contributed by atoms with E-state index in [0.29, 0.717) is 0 Å². The molecule has 2 heterocycles. The third kappa shape index (κ3) is 6.39. The van der Waals surface area contributed by atoms with Gasteiger partial charge in [0.05, 0.1) is 11.0 Å². The zero-order valence-electron chi connectivity index (χ0n) is 24.3. The maximum atomic E-state index is 12.9. The van der Waals surface area contributed by atoms with Crippen LogP contribution in [0.5, 0.6) is 17.2 Å². The van der Waals surface area contributed by atoms with Gasteiger partial charge in [-0.2, -0.15) is 0 Å². The number of carbonyl (C=O) groups excluding carboxylic acids is 3. The van der Waals surface area contributed by atoms with Crippen LogP contribution in [0.4, 0.5) is 10.5 Å². The standard InChI is InChI=1S/C29H33N3O12/c1-12-17(41-27-21(36)23(43-28(31)39)24(40-4)29(2,3)44-27)9-7-15-20(35)19(26(38)42-22(12)15)32-25(37)14-5-8-16(33)13(11-14)6-10-18(30)34/h5,7-9,11,21,23-24,27,33,35-36H,6,10H2,1-4H3,(H2,30,34)(H2,31,39)(H,32,37)/t21-,23+,24-,27-/m1/s1. The van der Waals surface area contributed by atoms with E-state index in [-0.39, 0.29) is 52.0 Å². The highest BCUT2D eigenvalue weighted by Gasteiger charge is 2.53. The molecule has 1 aliphatic heterocycles. The maximum absolute atomic E-state index is 12.9. The van der Waals surface area contributed by atoms with E-state index in [0.717, 1.165) is 0 Å². The van der Waals surface area contributed by atoms with Gasteiger partial charge in [-0.15, -0.1) is 0 Å². The van der Waals surface area contributed by atoms with Crippen LogP contribution in [0, 0.1) is 6.92 Å². The van der Waals surface area contributed by atoms with Crippen LogP contribution in [-0.4, -0.2) is 70.5 Å². The number of aryl methyl sites for hydroxylation is 2. The van der Waals surface area contributed by atoms with Crippen molar-refractivity contribution in [3.8, 4) is 17.2 Å². The third-order valence-corrected chi connectivity index (χ3v) is 7.24. The highest BCUT2D eigenvalue weighted by molar-refractivity contribution is 6.06. The summed E-state index contributed by atoms with van der Waals surface area (Å²) in [6.45, 7) is 4.81. The number of ether oxygens (including phenoxy) is 4. The first kappa shape index (κ1) is 32.1. The summed E-state index contributed by atoms with van der Waals surface area (Å²) in [5, 5.41) is 34.3. The number of phenolic OH excluding ortho intramolecular Hbond substituents is 1. The first-order valence-electron chi connectivity index (χ1n) is 13.4. The number of aliphatic hydroxyl groups is 1. The number of nitrogens with two attached hydrogens (primary N) is 2. The minimum absolute atomic E-state index is 0.0318. The molecule has 3 aromatic rings. The van der Waals surface area contributed by atoms with Gasteiger partial charge in [-0.05, 0) is 63.1 Å². The summed E-state index contributed by atoms with van der Waals surface area (Å²) in [5.74, 6) is -2.02. The number of methoxy groups -OCH3 is 1. The van der Waals surface area contributed by atoms with E-state index in [1.54, 1.807) is 13.8 Å². The van der Waals surface area contributed by atoms with E-state index in [9.17, 15) is 34.5 Å². The molecule has 0 bridgehead atoms. The van der Waals surface area contributed by atoms with Crippen molar-refractivity contribution in [3.05, 3.63) is 57.4 Å². The van der Waals surface area contributed by atoms with Gasteiger partial charge in [-0.25, -0.2) is 9.59 Å². The number of hydrogen-bond acceptors (Lipinski definition) is 12. The van der Waals surface area contributed by atoms with Crippen molar-refractivity contribution in [2.24, 2.45) is 11.5 Å². The molecule has 0 spiro atoms. The number of anilines is 1. The fourth-order valence-corrected chi connectivity index (χ4v) is 5.04. The van der Waals surface area contributed by atoms with Crippen molar-refractivity contribution >= 4 is 34.6 Å². The van der Waals surface area contributed by atoms with Gasteiger partial charge in [0.25, 0.3) is 5.91 Å². The lowest BCUT2D eigenvalue weighted by atomic mass is 9.89. The first-order chi connectivity index (χ1) is 20.6. The Morgan fingerprint density at radius 2 is 1.82 bits per heavy atom. The summed E-state index contributed by atoms with van der Waals surface area (Å²) in [7, 11) is 1.36. The number of carbonyl (C=O) groups is 3. The summed E-state index contributed by atoms with van der Waals surface area (Å²) >= 11 is 0. The van der Waals surface area contributed by atoms with Crippen LogP contribution in [-0.2, 0) is 25.4 Å². The van der Waals surface area contributed by atoms with Gasteiger partial charge in [0, 0.05) is 24.7 Å². The molecule has 1 aromatic heterocycles. The Labute approximate surface area is 250 Å². The monoisotopic (exact) mass is 615 g/mol. The first-order valence-corrected chi connectivity index (χ1v) is 13.4. The topological polar surface area (TPSA) is 243 Å². The van der Waals surface area contributed by atoms with Crippen LogP contribution in [0.3, 0.4) is 0 Å². The van der Waals surface area contributed by atoms with Gasteiger partial charge in [-0.3, -0.25) is 9.59 Å². The second-order valence-electron chi connectivity index (χ2n) is 10.7. The maximum Gasteiger partial charge on any atom is 0.404 e. The summed E-state index contributed by atoms with van der Waals surface area (Å²) in [4.78, 5) is 48.5. The molecule has 44 heavy (non-hydrogen) atoms. The van der Waals surface area contributed by atoms with Crippen LogP contribution in [0.15, 0.2) is 39.5 Å². The van der Waals surface area contributed by atoms with Gasteiger partial charge >= 0.3 is 11.7 Å². The molecule has 4 atom stereocenters. The lowest BCUT2D eigenvalue weighted by molar-refractivity contribution is -0.304. The zero-order chi connectivity index (χ0) is 32.5. The van der Waals surface area contributed by atoms with Crippen LogP contribution in [0.1, 0.15) is 41.8 Å². The SMILES string of the molecule is CO[C@@H]1[C@@H](OC(N)=O)[C@@H](O)[C@H](Oc2ccc3c(O)c(NC(=O)c4ccc(O)c(CCC(N)=O)c4)c(=O)oc3c2C)OC1(C)C. The van der Waals surface area contributed by atoms with E-state index >= 15 is 0 Å². The second-order valence-corrected chi connectivity index (χ2v) is 10.7. The van der Waals surface area contributed by atoms with Gasteiger partial charge in [0.2, 0.25) is 12.2 Å². The van der Waals surface area contributed by atoms with E-state index in [1.807, 2.05) is 0 Å². The fourth-order valence-electron chi connectivity index (χ4n) is 5.04. The van der Waals surface area contributed by atoms with Gasteiger partial charge < -0.3 is 55.5 Å². The largest absolute Gasteiger partial charge is 0.508 e. The molecule has 0 aliphatic carbocycles. The molecular weight excluding hydrogens is 582 g/mol. The summed E-state index contributed by atoms with van der Waals surface area (Å²) in [5.41, 5.74) is 8.10. The number of aliphatic hydroxyl groups excluding tert-OH is 1. The molecule has 3 amide bonds. The van der Waals surface area contributed by atoms with Crippen LogP contribution in [0.25, 0.3) is 11.0 Å². The molecule has 0 saturated carbocycles. The van der Waals surface area contributed by atoms with Gasteiger partial charge in [0.15, 0.2) is 23.6 Å². The van der Waals surface area contributed by atoms with E-state index in [2.05, 4.69) is 5.32 Å². The number of amides is 3. The minimum atomic E-state index is -1.54. The van der Waals surface area contributed by atoms with Crippen LogP contribution >= 0.6 is 0 Å². The Bertz CT molecular complexity index is 1670. The van der Waals surface area contributed by atoms with Crippen molar-refractivity contribution in [1.29, 1.82) is 0 Å². The van der Waals surface area contributed by atoms with Crippen LogP contribution < -0.4 is 27.1 Å². The third-order valence-electron chi connectivity index (χ3n) is 7.24. The molecule has 2 aromatic carbocycles. The molecule has 0 unspecified atom stereocenters. The molecule has 15 nitrogen and oxygen atoms in total. The Balaban J connectivity index is 1.62. The number of primary amides is 2. The molecule has 236 valence electrons. The average molecular weight is 616 g/mol. The molecule has 15 heteroatoms. The number of nitrogens with one attached hydrogen (secondary N) is 1.